The molecule has 20 heavy (non-hydrogen) atoms. The number of sulfone groups is 1. The Labute approximate surface area is 121 Å². The second kappa shape index (κ2) is 5.90. The van der Waals surface area contributed by atoms with Crippen LogP contribution >= 0.6 is 0 Å². The molecule has 2 aliphatic heterocycles. The summed E-state index contributed by atoms with van der Waals surface area (Å²) in [6.07, 6.45) is 3.05. The van der Waals surface area contributed by atoms with E-state index in [1.807, 2.05) is 0 Å². The molecular formula is C12H24N2O4S2. The van der Waals surface area contributed by atoms with Crippen LogP contribution in [0.5, 0.6) is 0 Å². The van der Waals surface area contributed by atoms with Gasteiger partial charge in [0.15, 0.2) is 9.84 Å². The second-order valence-electron chi connectivity index (χ2n) is 6.31. The Kier molecular flexibility index (Phi) is 4.78. The predicted molar refractivity (Wildman–Crippen MR) is 78.8 cm³/mol. The molecule has 2 rings (SSSR count). The topological polar surface area (TPSA) is 92.3 Å². The van der Waals surface area contributed by atoms with Gasteiger partial charge in [0.25, 0.3) is 0 Å². The molecule has 0 aromatic rings. The van der Waals surface area contributed by atoms with Crippen LogP contribution in [0.2, 0.25) is 0 Å². The lowest BCUT2D eigenvalue weighted by molar-refractivity contribution is 0.364. The van der Waals surface area contributed by atoms with Gasteiger partial charge < -0.3 is 5.32 Å². The van der Waals surface area contributed by atoms with E-state index in [0.717, 1.165) is 25.9 Å². The van der Waals surface area contributed by atoms with E-state index >= 15 is 0 Å². The van der Waals surface area contributed by atoms with Crippen molar-refractivity contribution in [3.05, 3.63) is 0 Å². The molecule has 0 spiro atoms. The molecule has 0 aromatic heterocycles. The third-order valence-electron chi connectivity index (χ3n) is 4.16. The summed E-state index contributed by atoms with van der Waals surface area (Å²) in [5.74, 6) is 0.521. The van der Waals surface area contributed by atoms with Crippen molar-refractivity contribution in [2.24, 2.45) is 5.92 Å². The maximum Gasteiger partial charge on any atom is 0.212 e. The SMILES string of the molecule is CC1(NS(=O)(=O)CCC2CCNCC2)CCS(=O)(=O)C1. The molecule has 0 radical (unpaired) electrons. The normalized spacial score (nSPS) is 31.4. The van der Waals surface area contributed by atoms with Gasteiger partial charge in [-0.3, -0.25) is 0 Å². The molecule has 0 aromatic carbocycles. The van der Waals surface area contributed by atoms with Crippen molar-refractivity contribution >= 4 is 19.9 Å². The predicted octanol–water partition coefficient (Wildman–Crippen LogP) is -0.127. The maximum absolute atomic E-state index is 12.1. The first-order chi connectivity index (χ1) is 9.20. The monoisotopic (exact) mass is 324 g/mol. The lowest BCUT2D eigenvalue weighted by atomic mass is 9.96. The molecule has 6 nitrogen and oxygen atoms in total. The first kappa shape index (κ1) is 16.2. The van der Waals surface area contributed by atoms with Crippen LogP contribution in [0.1, 0.15) is 32.6 Å². The third kappa shape index (κ3) is 4.68. The minimum atomic E-state index is -3.41. The first-order valence-corrected chi connectivity index (χ1v) is 10.6. The fraction of sp³-hybridized carbons (Fsp3) is 1.00. The number of piperidine rings is 1. The number of rotatable bonds is 5. The molecule has 0 amide bonds. The molecule has 118 valence electrons. The molecule has 2 fully saturated rings. The van der Waals surface area contributed by atoms with E-state index in [4.69, 9.17) is 0 Å². The second-order valence-corrected chi connectivity index (χ2v) is 10.3. The van der Waals surface area contributed by atoms with E-state index < -0.39 is 25.4 Å². The molecule has 0 bridgehead atoms. The molecule has 8 heteroatoms. The summed E-state index contributed by atoms with van der Waals surface area (Å²) in [6, 6.07) is 0. The fourth-order valence-corrected chi connectivity index (χ4v) is 6.86. The van der Waals surface area contributed by atoms with Gasteiger partial charge in [0.2, 0.25) is 10.0 Å². The molecule has 1 unspecified atom stereocenters. The Balaban J connectivity index is 1.87. The standard InChI is InChI=1S/C12H24N2O4S2/c1-12(5-9-19(15,16)10-12)14-20(17,18)8-4-11-2-6-13-7-3-11/h11,13-14H,2-10H2,1H3. The highest BCUT2D eigenvalue weighted by Gasteiger charge is 2.41. The zero-order chi connectivity index (χ0) is 14.9. The van der Waals surface area contributed by atoms with Crippen LogP contribution in [0.3, 0.4) is 0 Å². The van der Waals surface area contributed by atoms with Gasteiger partial charge in [0.1, 0.15) is 0 Å². The quantitative estimate of drug-likeness (QED) is 0.735. The van der Waals surface area contributed by atoms with Gasteiger partial charge in [-0.15, -0.1) is 0 Å². The van der Waals surface area contributed by atoms with Crippen molar-refractivity contribution in [1.29, 1.82) is 0 Å². The largest absolute Gasteiger partial charge is 0.317 e. The number of nitrogens with one attached hydrogen (secondary N) is 2. The van der Waals surface area contributed by atoms with E-state index in [1.165, 1.54) is 0 Å². The summed E-state index contributed by atoms with van der Waals surface area (Å²) >= 11 is 0. The van der Waals surface area contributed by atoms with Crippen LogP contribution in [-0.4, -0.2) is 52.7 Å². The molecular weight excluding hydrogens is 300 g/mol. The molecule has 2 aliphatic rings. The number of hydrogen-bond donors (Lipinski definition) is 2. The molecule has 2 heterocycles. The molecule has 2 N–H and O–H groups in total. The van der Waals surface area contributed by atoms with Crippen molar-refractivity contribution in [3.8, 4) is 0 Å². The molecule has 0 aliphatic carbocycles. The van der Waals surface area contributed by atoms with Gasteiger partial charge >= 0.3 is 0 Å². The Morgan fingerprint density at radius 3 is 2.50 bits per heavy atom. The third-order valence-corrected chi connectivity index (χ3v) is 7.64. The maximum atomic E-state index is 12.1. The van der Waals surface area contributed by atoms with Gasteiger partial charge in [0, 0.05) is 5.54 Å². The van der Waals surface area contributed by atoms with Gasteiger partial charge in [-0.1, -0.05) is 0 Å². The first-order valence-electron chi connectivity index (χ1n) is 7.13. The Morgan fingerprint density at radius 2 is 1.95 bits per heavy atom. The summed E-state index contributed by atoms with van der Waals surface area (Å²) in [5.41, 5.74) is -0.828. The highest BCUT2D eigenvalue weighted by Crippen LogP contribution is 2.24. The summed E-state index contributed by atoms with van der Waals surface area (Å²) in [4.78, 5) is 0. The number of sulfonamides is 1. The lowest BCUT2D eigenvalue weighted by Crippen LogP contribution is -2.47. The Hall–Kier alpha value is -0.180. The van der Waals surface area contributed by atoms with Crippen LogP contribution in [0, 0.1) is 5.92 Å². The average molecular weight is 324 g/mol. The number of hydrogen-bond acceptors (Lipinski definition) is 5. The van der Waals surface area contributed by atoms with Crippen LogP contribution in [0.25, 0.3) is 0 Å². The summed E-state index contributed by atoms with van der Waals surface area (Å²) in [5, 5.41) is 3.25. The highest BCUT2D eigenvalue weighted by molar-refractivity contribution is 7.92. The van der Waals surface area contributed by atoms with Gasteiger partial charge in [-0.2, -0.15) is 0 Å². The van der Waals surface area contributed by atoms with E-state index in [2.05, 4.69) is 10.0 Å². The summed E-state index contributed by atoms with van der Waals surface area (Å²) in [7, 11) is -6.50. The molecule has 1 atom stereocenters. The van der Waals surface area contributed by atoms with Gasteiger partial charge in [-0.05, 0) is 51.6 Å². The Bertz CT molecular complexity index is 538. The fourth-order valence-electron chi connectivity index (χ4n) is 3.01. The van der Waals surface area contributed by atoms with Crippen LogP contribution in [-0.2, 0) is 19.9 Å². The highest BCUT2D eigenvalue weighted by atomic mass is 32.2. The smallest absolute Gasteiger partial charge is 0.212 e. The van der Waals surface area contributed by atoms with Crippen LogP contribution in [0.4, 0.5) is 0 Å². The zero-order valence-corrected chi connectivity index (χ0v) is 13.5. The lowest BCUT2D eigenvalue weighted by Gasteiger charge is -2.25. The molecule has 2 saturated heterocycles. The van der Waals surface area contributed by atoms with Crippen molar-refractivity contribution in [2.45, 2.75) is 38.1 Å². The average Bonchev–Trinajstić information content (AvgIpc) is 2.61. The summed E-state index contributed by atoms with van der Waals surface area (Å²) < 4.78 is 49.8. The molecule has 0 saturated carbocycles. The van der Waals surface area contributed by atoms with Gasteiger partial charge in [0.05, 0.1) is 17.3 Å². The van der Waals surface area contributed by atoms with Crippen molar-refractivity contribution in [3.63, 3.8) is 0 Å². The van der Waals surface area contributed by atoms with Crippen LogP contribution < -0.4 is 10.0 Å². The summed E-state index contributed by atoms with van der Waals surface area (Å²) in [6.45, 7) is 3.59. The van der Waals surface area contributed by atoms with E-state index in [-0.39, 0.29) is 17.3 Å². The van der Waals surface area contributed by atoms with E-state index in [1.54, 1.807) is 6.92 Å². The van der Waals surface area contributed by atoms with Crippen molar-refractivity contribution in [1.82, 2.24) is 10.0 Å². The van der Waals surface area contributed by atoms with Crippen LogP contribution in [0.15, 0.2) is 0 Å². The minimum Gasteiger partial charge on any atom is -0.317 e. The van der Waals surface area contributed by atoms with Gasteiger partial charge in [-0.25, -0.2) is 21.6 Å². The van der Waals surface area contributed by atoms with Crippen molar-refractivity contribution < 1.29 is 16.8 Å². The minimum absolute atomic E-state index is 0.0698. The van der Waals surface area contributed by atoms with E-state index in [0.29, 0.717) is 18.8 Å². The zero-order valence-electron chi connectivity index (χ0n) is 11.9. The van der Waals surface area contributed by atoms with Crippen molar-refractivity contribution in [2.75, 3.05) is 30.3 Å². The van der Waals surface area contributed by atoms with E-state index in [9.17, 15) is 16.8 Å². The Morgan fingerprint density at radius 1 is 1.30 bits per heavy atom.